The Hall–Kier alpha value is -1.50. The highest BCUT2D eigenvalue weighted by molar-refractivity contribution is 5.76. The van der Waals surface area contributed by atoms with Gasteiger partial charge < -0.3 is 10.2 Å². The Bertz CT molecular complexity index is 383. The van der Waals surface area contributed by atoms with E-state index in [-0.39, 0.29) is 5.91 Å². The third kappa shape index (κ3) is 4.27. The molecule has 1 saturated heterocycles. The van der Waals surface area contributed by atoms with Crippen LogP contribution in [0.15, 0.2) is 0 Å². The van der Waals surface area contributed by atoms with Crippen LogP contribution in [0.5, 0.6) is 0 Å². The molecule has 0 radical (unpaired) electrons. The molecule has 1 aliphatic heterocycles. The second kappa shape index (κ2) is 6.60. The molecule has 0 aromatic carbocycles. The second-order valence-corrected chi connectivity index (χ2v) is 5.38. The molecule has 7 nitrogen and oxygen atoms in total. The summed E-state index contributed by atoms with van der Waals surface area (Å²) in [4.78, 5) is 14.3. The lowest BCUT2D eigenvalue weighted by Crippen LogP contribution is -2.39. The van der Waals surface area contributed by atoms with Crippen LogP contribution in [0.4, 0.5) is 0 Å². The third-order valence-corrected chi connectivity index (χ3v) is 3.69. The first-order chi connectivity index (χ1) is 9.15. The predicted octanol–water partition coefficient (Wildman–Crippen LogP) is 0.326. The fourth-order valence-corrected chi connectivity index (χ4v) is 2.44. The molecule has 0 spiro atoms. The van der Waals surface area contributed by atoms with Crippen molar-refractivity contribution in [3.8, 4) is 0 Å². The molecule has 2 heterocycles. The average Bonchev–Trinajstić information content (AvgIpc) is 2.90. The number of rotatable bonds is 5. The van der Waals surface area contributed by atoms with Crippen molar-refractivity contribution >= 4 is 5.91 Å². The van der Waals surface area contributed by atoms with Crippen molar-refractivity contribution in [3.05, 3.63) is 5.82 Å². The minimum absolute atomic E-state index is 0.0767. The number of piperidine rings is 1. The largest absolute Gasteiger partial charge is 0.349 e. The fourth-order valence-electron chi connectivity index (χ4n) is 2.44. The number of H-pyrrole nitrogens is 1. The summed E-state index contributed by atoms with van der Waals surface area (Å²) in [7, 11) is 0. The maximum atomic E-state index is 11.8. The summed E-state index contributed by atoms with van der Waals surface area (Å²) in [6.07, 6.45) is 2.81. The highest BCUT2D eigenvalue weighted by Crippen LogP contribution is 2.21. The van der Waals surface area contributed by atoms with Gasteiger partial charge in [-0.05, 0) is 45.7 Å². The maximum absolute atomic E-state index is 11.8. The van der Waals surface area contributed by atoms with E-state index in [1.54, 1.807) is 0 Å². The highest BCUT2D eigenvalue weighted by atomic mass is 16.1. The number of nitrogens with zero attached hydrogens (tertiary/aromatic N) is 4. The standard InChI is InChI=1S/C12H22N6O/c1-9(2)18-5-3-10(4-6-18)7-12(19)13-8-11-14-16-17-15-11/h9-10H,3-8H2,1-2H3,(H,13,19)(H,14,15,16,17). The van der Waals surface area contributed by atoms with E-state index in [2.05, 4.69) is 44.7 Å². The molecule has 0 bridgehead atoms. The summed E-state index contributed by atoms with van der Waals surface area (Å²) < 4.78 is 0. The molecule has 7 heteroatoms. The van der Waals surface area contributed by atoms with E-state index >= 15 is 0 Å². The van der Waals surface area contributed by atoms with E-state index in [1.165, 1.54) is 0 Å². The molecule has 0 saturated carbocycles. The molecule has 1 aromatic heterocycles. The summed E-state index contributed by atoms with van der Waals surface area (Å²) in [5, 5.41) is 16.2. The maximum Gasteiger partial charge on any atom is 0.220 e. The van der Waals surface area contributed by atoms with Crippen LogP contribution in [0.1, 0.15) is 38.9 Å². The zero-order valence-corrected chi connectivity index (χ0v) is 11.6. The number of likely N-dealkylation sites (tertiary alicyclic amines) is 1. The predicted molar refractivity (Wildman–Crippen MR) is 70.1 cm³/mol. The number of aromatic nitrogens is 4. The number of nitrogens with one attached hydrogen (secondary N) is 2. The summed E-state index contributed by atoms with van der Waals surface area (Å²) in [5.74, 6) is 1.09. The molecule has 19 heavy (non-hydrogen) atoms. The molecular weight excluding hydrogens is 244 g/mol. The molecule has 0 aliphatic carbocycles. The Labute approximate surface area is 113 Å². The Kier molecular flexibility index (Phi) is 4.84. The number of hydrogen-bond acceptors (Lipinski definition) is 5. The molecule has 106 valence electrons. The van der Waals surface area contributed by atoms with Gasteiger partial charge in [-0.25, -0.2) is 0 Å². The van der Waals surface area contributed by atoms with Gasteiger partial charge >= 0.3 is 0 Å². The van der Waals surface area contributed by atoms with E-state index in [9.17, 15) is 4.79 Å². The van der Waals surface area contributed by atoms with E-state index in [4.69, 9.17) is 0 Å². The molecule has 2 N–H and O–H groups in total. The minimum atomic E-state index is 0.0767. The van der Waals surface area contributed by atoms with Crippen molar-refractivity contribution < 1.29 is 4.79 Å². The van der Waals surface area contributed by atoms with Gasteiger partial charge in [-0.15, -0.1) is 10.2 Å². The average molecular weight is 266 g/mol. The summed E-state index contributed by atoms with van der Waals surface area (Å²) in [5.41, 5.74) is 0. The van der Waals surface area contributed by atoms with Gasteiger partial charge in [-0.2, -0.15) is 5.21 Å². The van der Waals surface area contributed by atoms with Crippen LogP contribution in [-0.2, 0) is 11.3 Å². The first-order valence-corrected chi connectivity index (χ1v) is 6.88. The first-order valence-electron chi connectivity index (χ1n) is 6.88. The Morgan fingerprint density at radius 1 is 1.47 bits per heavy atom. The van der Waals surface area contributed by atoms with Crippen LogP contribution < -0.4 is 5.32 Å². The van der Waals surface area contributed by atoms with Crippen LogP contribution in [0.25, 0.3) is 0 Å². The monoisotopic (exact) mass is 266 g/mol. The SMILES string of the molecule is CC(C)N1CCC(CC(=O)NCc2nn[nH]n2)CC1. The molecule has 0 unspecified atom stereocenters. The number of carbonyl (C=O) groups is 1. The van der Waals surface area contributed by atoms with E-state index in [0.717, 1.165) is 25.9 Å². The van der Waals surface area contributed by atoms with Gasteiger partial charge in [0.15, 0.2) is 5.82 Å². The van der Waals surface area contributed by atoms with Crippen LogP contribution in [0, 0.1) is 5.92 Å². The van der Waals surface area contributed by atoms with Gasteiger partial charge in [0.25, 0.3) is 0 Å². The lowest BCUT2D eigenvalue weighted by Gasteiger charge is -2.34. The molecule has 1 amide bonds. The van der Waals surface area contributed by atoms with Crippen LogP contribution in [0.3, 0.4) is 0 Å². The van der Waals surface area contributed by atoms with Crippen LogP contribution >= 0.6 is 0 Å². The van der Waals surface area contributed by atoms with Gasteiger partial charge in [0.1, 0.15) is 0 Å². The quantitative estimate of drug-likeness (QED) is 0.802. The van der Waals surface area contributed by atoms with E-state index < -0.39 is 0 Å². The Balaban J connectivity index is 1.66. The third-order valence-electron chi connectivity index (χ3n) is 3.69. The number of amides is 1. The summed E-state index contributed by atoms with van der Waals surface area (Å²) >= 11 is 0. The zero-order chi connectivity index (χ0) is 13.7. The second-order valence-electron chi connectivity index (χ2n) is 5.38. The Morgan fingerprint density at radius 3 is 2.79 bits per heavy atom. The number of hydrogen-bond donors (Lipinski definition) is 2. The Morgan fingerprint density at radius 2 is 2.21 bits per heavy atom. The van der Waals surface area contributed by atoms with Crippen molar-refractivity contribution in [3.63, 3.8) is 0 Å². The minimum Gasteiger partial charge on any atom is -0.349 e. The lowest BCUT2D eigenvalue weighted by molar-refractivity contribution is -0.122. The molecule has 1 aliphatic rings. The summed E-state index contributed by atoms with van der Waals surface area (Å²) in [6, 6.07) is 0.605. The smallest absolute Gasteiger partial charge is 0.220 e. The molecular formula is C12H22N6O. The van der Waals surface area contributed by atoms with Crippen molar-refractivity contribution in [1.82, 2.24) is 30.8 Å². The summed E-state index contributed by atoms with van der Waals surface area (Å²) in [6.45, 7) is 6.98. The van der Waals surface area contributed by atoms with Crippen molar-refractivity contribution in [2.24, 2.45) is 5.92 Å². The highest BCUT2D eigenvalue weighted by Gasteiger charge is 2.22. The van der Waals surface area contributed by atoms with E-state index in [1.807, 2.05) is 0 Å². The lowest BCUT2D eigenvalue weighted by atomic mass is 9.92. The van der Waals surface area contributed by atoms with Gasteiger partial charge in [-0.1, -0.05) is 5.21 Å². The van der Waals surface area contributed by atoms with Crippen LogP contribution in [0.2, 0.25) is 0 Å². The number of carbonyl (C=O) groups excluding carboxylic acids is 1. The molecule has 2 rings (SSSR count). The van der Waals surface area contributed by atoms with Crippen molar-refractivity contribution in [2.75, 3.05) is 13.1 Å². The van der Waals surface area contributed by atoms with Crippen LogP contribution in [-0.4, -0.2) is 50.6 Å². The zero-order valence-electron chi connectivity index (χ0n) is 11.6. The normalized spacial score (nSPS) is 17.8. The molecule has 1 fully saturated rings. The van der Waals surface area contributed by atoms with Gasteiger partial charge in [0.2, 0.25) is 5.91 Å². The van der Waals surface area contributed by atoms with Gasteiger partial charge in [0, 0.05) is 12.5 Å². The van der Waals surface area contributed by atoms with Crippen molar-refractivity contribution in [1.29, 1.82) is 0 Å². The fraction of sp³-hybridized carbons (Fsp3) is 0.833. The van der Waals surface area contributed by atoms with Gasteiger partial charge in [-0.3, -0.25) is 4.79 Å². The molecule has 1 aromatic rings. The number of aromatic amines is 1. The van der Waals surface area contributed by atoms with Crippen molar-refractivity contribution in [2.45, 2.75) is 45.7 Å². The molecule has 0 atom stereocenters. The number of tetrazole rings is 1. The topological polar surface area (TPSA) is 86.8 Å². The van der Waals surface area contributed by atoms with Gasteiger partial charge in [0.05, 0.1) is 6.54 Å². The first kappa shape index (κ1) is 13.9. The van der Waals surface area contributed by atoms with E-state index in [0.29, 0.717) is 30.7 Å².